The first-order chi connectivity index (χ1) is 9.12. The van der Waals surface area contributed by atoms with E-state index >= 15 is 0 Å². The summed E-state index contributed by atoms with van der Waals surface area (Å²) in [5.41, 5.74) is 0. The SMILES string of the molecule is CCCCCCCC[N+]([O-])(O)CCCCCCCC. The van der Waals surface area contributed by atoms with E-state index in [2.05, 4.69) is 13.8 Å². The Labute approximate surface area is 120 Å². The molecular weight excluding hydrogens is 238 g/mol. The second kappa shape index (κ2) is 12.9. The van der Waals surface area contributed by atoms with Gasteiger partial charge in [-0.15, -0.1) is 0 Å². The number of quaternary nitrogens is 1. The molecule has 3 nitrogen and oxygen atoms in total. The number of hydrogen-bond acceptors (Lipinski definition) is 2. The van der Waals surface area contributed by atoms with Gasteiger partial charge in [0.2, 0.25) is 0 Å². The van der Waals surface area contributed by atoms with Crippen molar-refractivity contribution in [3.63, 3.8) is 0 Å². The zero-order chi connectivity index (χ0) is 14.4. The normalized spacial score (nSPS) is 12.0. The highest BCUT2D eigenvalue weighted by Crippen LogP contribution is 2.11. The minimum atomic E-state index is -1.01. The van der Waals surface area contributed by atoms with E-state index in [1.54, 1.807) is 0 Å². The topological polar surface area (TPSA) is 43.3 Å². The van der Waals surface area contributed by atoms with Gasteiger partial charge in [-0.25, -0.2) is 10.0 Å². The van der Waals surface area contributed by atoms with Crippen molar-refractivity contribution in [3.8, 4) is 0 Å². The predicted octanol–water partition coefficient (Wildman–Crippen LogP) is 5.41. The molecule has 0 atom stereocenters. The average Bonchev–Trinajstić information content (AvgIpc) is 2.38. The molecule has 0 rings (SSSR count). The average molecular weight is 273 g/mol. The molecule has 0 aliphatic carbocycles. The molecule has 0 heterocycles. The second-order valence-corrected chi connectivity index (χ2v) is 5.83. The van der Waals surface area contributed by atoms with Gasteiger partial charge in [-0.05, 0) is 25.7 Å². The summed E-state index contributed by atoms with van der Waals surface area (Å²) >= 11 is 0. The van der Waals surface area contributed by atoms with E-state index in [4.69, 9.17) is 0 Å². The lowest BCUT2D eigenvalue weighted by atomic mass is 10.1. The van der Waals surface area contributed by atoms with E-state index in [0.29, 0.717) is 13.1 Å². The zero-order valence-corrected chi connectivity index (χ0v) is 13.2. The molecule has 0 aliphatic heterocycles. The zero-order valence-electron chi connectivity index (χ0n) is 13.2. The Kier molecular flexibility index (Phi) is 12.8. The fraction of sp³-hybridized carbons (Fsp3) is 1.00. The number of hydrogen-bond donors (Lipinski definition) is 1. The summed E-state index contributed by atoms with van der Waals surface area (Å²) in [6, 6.07) is 0. The molecule has 0 unspecified atom stereocenters. The van der Waals surface area contributed by atoms with Gasteiger partial charge in [0.25, 0.3) is 0 Å². The van der Waals surface area contributed by atoms with Gasteiger partial charge in [-0.2, -0.15) is 0 Å². The van der Waals surface area contributed by atoms with Crippen LogP contribution in [0.3, 0.4) is 0 Å². The van der Waals surface area contributed by atoms with Gasteiger partial charge in [0.1, 0.15) is 13.1 Å². The van der Waals surface area contributed by atoms with Crippen LogP contribution in [0.25, 0.3) is 0 Å². The summed E-state index contributed by atoms with van der Waals surface area (Å²) in [5, 5.41) is 21.5. The number of hydroxylamine groups is 4. The van der Waals surface area contributed by atoms with Gasteiger partial charge in [0.05, 0.1) is 0 Å². The predicted molar refractivity (Wildman–Crippen MR) is 81.9 cm³/mol. The van der Waals surface area contributed by atoms with Gasteiger partial charge in [0.15, 0.2) is 0 Å². The quantitative estimate of drug-likeness (QED) is 0.261. The summed E-state index contributed by atoms with van der Waals surface area (Å²) < 4.78 is 0. The number of nitrogens with zero attached hydrogens (tertiary/aromatic N) is 1. The highest BCUT2D eigenvalue weighted by molar-refractivity contribution is 4.47. The number of rotatable bonds is 14. The minimum Gasteiger partial charge on any atom is -0.598 e. The van der Waals surface area contributed by atoms with Crippen LogP contribution in [-0.2, 0) is 0 Å². The molecule has 0 saturated carbocycles. The first kappa shape index (κ1) is 18.9. The monoisotopic (exact) mass is 273 g/mol. The third kappa shape index (κ3) is 14.1. The maximum atomic E-state index is 11.8. The van der Waals surface area contributed by atoms with E-state index in [9.17, 15) is 10.4 Å². The standard InChI is InChI=1S/C16H35NO2/c1-3-5-7-9-11-13-15-17(18,19)16-14-12-10-8-6-4-2/h18H,3-16H2,1-2H3. The molecule has 3 heteroatoms. The van der Waals surface area contributed by atoms with Gasteiger partial charge in [-0.3, -0.25) is 0 Å². The Hall–Kier alpha value is -0.120. The Bertz CT molecular complexity index is 166. The lowest BCUT2D eigenvalue weighted by Gasteiger charge is -2.33. The fourth-order valence-electron chi connectivity index (χ4n) is 2.39. The van der Waals surface area contributed by atoms with Crippen molar-refractivity contribution >= 4 is 0 Å². The van der Waals surface area contributed by atoms with Gasteiger partial charge < -0.3 is 5.21 Å². The van der Waals surface area contributed by atoms with Crippen molar-refractivity contribution in [1.29, 1.82) is 0 Å². The maximum Gasteiger partial charge on any atom is 0.108 e. The summed E-state index contributed by atoms with van der Waals surface area (Å²) in [6.45, 7) is 5.16. The molecule has 0 aromatic heterocycles. The van der Waals surface area contributed by atoms with Crippen LogP contribution >= 0.6 is 0 Å². The minimum absolute atomic E-state index is 0.376. The molecule has 19 heavy (non-hydrogen) atoms. The third-order valence-corrected chi connectivity index (χ3v) is 3.72. The van der Waals surface area contributed by atoms with Crippen molar-refractivity contribution in [1.82, 2.24) is 0 Å². The summed E-state index contributed by atoms with van der Waals surface area (Å²) in [4.78, 5) is -1.01. The van der Waals surface area contributed by atoms with E-state index in [-0.39, 0.29) is 0 Å². The van der Waals surface area contributed by atoms with Crippen molar-refractivity contribution in [2.24, 2.45) is 0 Å². The van der Waals surface area contributed by atoms with Crippen molar-refractivity contribution in [2.75, 3.05) is 13.1 Å². The van der Waals surface area contributed by atoms with E-state index in [1.807, 2.05) is 0 Å². The first-order valence-electron chi connectivity index (χ1n) is 8.43. The summed E-state index contributed by atoms with van der Waals surface area (Å²) in [6.07, 6.45) is 13.9. The van der Waals surface area contributed by atoms with Crippen LogP contribution in [-0.4, -0.2) is 23.1 Å². The van der Waals surface area contributed by atoms with Crippen molar-refractivity contribution in [3.05, 3.63) is 5.21 Å². The van der Waals surface area contributed by atoms with E-state index in [0.717, 1.165) is 25.7 Å². The van der Waals surface area contributed by atoms with Crippen molar-refractivity contribution in [2.45, 2.75) is 90.9 Å². The van der Waals surface area contributed by atoms with E-state index in [1.165, 1.54) is 51.4 Å². The molecule has 0 aromatic carbocycles. The molecule has 0 radical (unpaired) electrons. The molecule has 0 fully saturated rings. The number of unbranched alkanes of at least 4 members (excludes halogenated alkanes) is 10. The summed E-state index contributed by atoms with van der Waals surface area (Å²) in [5.74, 6) is 0. The van der Waals surface area contributed by atoms with Crippen LogP contribution in [0.2, 0.25) is 0 Å². The van der Waals surface area contributed by atoms with Gasteiger partial charge >= 0.3 is 0 Å². The molecule has 0 amide bonds. The van der Waals surface area contributed by atoms with Crippen LogP contribution in [0.15, 0.2) is 0 Å². The largest absolute Gasteiger partial charge is 0.598 e. The van der Waals surface area contributed by atoms with Crippen LogP contribution < -0.4 is 0 Å². The Morgan fingerprint density at radius 2 is 0.947 bits per heavy atom. The van der Waals surface area contributed by atoms with Crippen LogP contribution in [0.1, 0.15) is 90.9 Å². The smallest absolute Gasteiger partial charge is 0.108 e. The van der Waals surface area contributed by atoms with Crippen LogP contribution in [0, 0.1) is 5.21 Å². The first-order valence-corrected chi connectivity index (χ1v) is 8.43. The maximum absolute atomic E-state index is 11.8. The Morgan fingerprint density at radius 3 is 1.32 bits per heavy atom. The molecule has 0 aromatic rings. The molecule has 116 valence electrons. The molecule has 0 saturated heterocycles. The highest BCUT2D eigenvalue weighted by atomic mass is 16.8. The molecule has 0 spiro atoms. The van der Waals surface area contributed by atoms with Crippen LogP contribution in [0.5, 0.6) is 0 Å². The second-order valence-electron chi connectivity index (χ2n) is 5.83. The molecule has 0 aliphatic rings. The Morgan fingerprint density at radius 1 is 0.632 bits per heavy atom. The highest BCUT2D eigenvalue weighted by Gasteiger charge is 2.12. The molecular formula is C16H35NO2. The van der Waals surface area contributed by atoms with Crippen LogP contribution in [0.4, 0.5) is 0 Å². The molecule has 1 N–H and O–H groups in total. The van der Waals surface area contributed by atoms with E-state index < -0.39 is 4.81 Å². The Balaban J connectivity index is 3.36. The van der Waals surface area contributed by atoms with Gasteiger partial charge in [-0.1, -0.05) is 65.2 Å². The lowest BCUT2D eigenvalue weighted by Crippen LogP contribution is -2.40. The fourth-order valence-corrected chi connectivity index (χ4v) is 2.39. The lowest BCUT2D eigenvalue weighted by molar-refractivity contribution is -1.06. The summed E-state index contributed by atoms with van der Waals surface area (Å²) in [7, 11) is 0. The van der Waals surface area contributed by atoms with Crippen molar-refractivity contribution < 1.29 is 10.0 Å². The molecule has 0 bridgehead atoms. The van der Waals surface area contributed by atoms with Gasteiger partial charge in [0, 0.05) is 0 Å². The third-order valence-electron chi connectivity index (χ3n) is 3.72.